The fourth-order valence-corrected chi connectivity index (χ4v) is 5.48. The molecule has 0 radical (unpaired) electrons. The minimum Gasteiger partial charge on any atom is -0.486 e. The highest BCUT2D eigenvalue weighted by molar-refractivity contribution is 5.98. The number of nitrogens with one attached hydrogen (secondary N) is 1. The van der Waals surface area contributed by atoms with Crippen molar-refractivity contribution in [2.24, 2.45) is 5.92 Å². The molecule has 1 amide bonds. The molecule has 6 rings (SSSR count). The van der Waals surface area contributed by atoms with E-state index in [1.54, 1.807) is 6.07 Å². The molecule has 1 saturated carbocycles. The molecule has 2 aromatic rings. The summed E-state index contributed by atoms with van der Waals surface area (Å²) in [6.45, 7) is 2.74. The van der Waals surface area contributed by atoms with Gasteiger partial charge in [0.15, 0.2) is 28.8 Å². The number of fused-ring (bicyclic) bond motifs is 2. The van der Waals surface area contributed by atoms with Crippen molar-refractivity contribution in [3.8, 4) is 23.0 Å². The van der Waals surface area contributed by atoms with Crippen LogP contribution in [0.2, 0.25) is 0 Å². The molecule has 184 valence electrons. The second kappa shape index (κ2) is 9.07. The molecule has 0 bridgehead atoms. The van der Waals surface area contributed by atoms with Gasteiger partial charge < -0.3 is 24.3 Å². The Morgan fingerprint density at radius 3 is 2.40 bits per heavy atom. The smallest absolute Gasteiger partial charge is 0.251 e. The van der Waals surface area contributed by atoms with Crippen LogP contribution in [0, 0.1) is 5.92 Å². The number of hydrogen-bond acceptors (Lipinski definition) is 7. The molecule has 2 fully saturated rings. The molecule has 0 aromatic heterocycles. The molecule has 3 aliphatic heterocycles. The summed E-state index contributed by atoms with van der Waals surface area (Å²) >= 11 is 0. The van der Waals surface area contributed by atoms with E-state index in [1.807, 2.05) is 30.3 Å². The van der Waals surface area contributed by atoms with Gasteiger partial charge in [0.2, 0.25) is 5.91 Å². The quantitative estimate of drug-likeness (QED) is 0.650. The maximum atomic E-state index is 13.0. The SMILES string of the molecule is O=C(CN1CCC(C(=O)c2ccc3c(c2)OCCO3)CC1)Nc1ccc2c(c1)OC1(CCCC1)O2. The lowest BCUT2D eigenvalue weighted by Crippen LogP contribution is -2.40. The van der Waals surface area contributed by atoms with Crippen LogP contribution in [0.25, 0.3) is 0 Å². The highest BCUT2D eigenvalue weighted by atomic mass is 16.7. The molecular formula is C27H30N2O6. The molecule has 1 N–H and O–H groups in total. The summed E-state index contributed by atoms with van der Waals surface area (Å²) in [6, 6.07) is 11.0. The third-order valence-corrected chi connectivity index (χ3v) is 7.34. The average molecular weight is 479 g/mol. The normalized spacial score (nSPS) is 20.7. The van der Waals surface area contributed by atoms with E-state index < -0.39 is 5.79 Å². The fourth-order valence-electron chi connectivity index (χ4n) is 5.48. The predicted molar refractivity (Wildman–Crippen MR) is 128 cm³/mol. The van der Waals surface area contributed by atoms with Crippen LogP contribution in [0.15, 0.2) is 36.4 Å². The van der Waals surface area contributed by atoms with Gasteiger partial charge in [-0.2, -0.15) is 0 Å². The van der Waals surface area contributed by atoms with Crippen molar-refractivity contribution in [3.05, 3.63) is 42.0 Å². The van der Waals surface area contributed by atoms with Gasteiger partial charge in [-0.3, -0.25) is 14.5 Å². The Balaban J connectivity index is 1.00. The van der Waals surface area contributed by atoms with E-state index in [0.717, 1.165) is 44.3 Å². The predicted octanol–water partition coefficient (Wildman–Crippen LogP) is 4.03. The monoisotopic (exact) mass is 478 g/mol. The largest absolute Gasteiger partial charge is 0.486 e. The molecule has 1 saturated heterocycles. The zero-order chi connectivity index (χ0) is 23.8. The van der Waals surface area contributed by atoms with Crippen LogP contribution < -0.4 is 24.3 Å². The summed E-state index contributed by atoms with van der Waals surface area (Å²) in [7, 11) is 0. The molecule has 0 unspecified atom stereocenters. The van der Waals surface area contributed by atoms with Crippen molar-refractivity contribution >= 4 is 17.4 Å². The van der Waals surface area contributed by atoms with Gasteiger partial charge in [-0.05, 0) is 69.1 Å². The van der Waals surface area contributed by atoms with Gasteiger partial charge in [0.05, 0.1) is 6.54 Å². The third-order valence-electron chi connectivity index (χ3n) is 7.34. The second-order valence-corrected chi connectivity index (χ2v) is 9.80. The summed E-state index contributed by atoms with van der Waals surface area (Å²) in [4.78, 5) is 27.8. The standard InChI is InChI=1S/C27H30N2O6/c30-25(28-20-4-6-22-24(16-20)35-27(34-22)9-1-2-10-27)17-29-11-7-18(8-12-29)26(31)19-3-5-21-23(15-19)33-14-13-32-21/h3-6,15-16,18H,1-2,7-14,17H2,(H,28,30). The molecule has 4 aliphatic rings. The Labute approximate surface area is 204 Å². The fraction of sp³-hybridized carbons (Fsp3) is 0.481. The topological polar surface area (TPSA) is 86.3 Å². The number of benzene rings is 2. The Hall–Kier alpha value is -3.26. The molecule has 1 spiro atoms. The van der Waals surface area contributed by atoms with E-state index in [1.165, 1.54) is 0 Å². The molecular weight excluding hydrogens is 448 g/mol. The first-order chi connectivity index (χ1) is 17.1. The number of hydrogen-bond donors (Lipinski definition) is 1. The van der Waals surface area contributed by atoms with Gasteiger partial charge in [-0.1, -0.05) is 0 Å². The lowest BCUT2D eigenvalue weighted by Gasteiger charge is -2.30. The van der Waals surface area contributed by atoms with E-state index in [2.05, 4.69) is 10.2 Å². The Morgan fingerprint density at radius 2 is 1.60 bits per heavy atom. The van der Waals surface area contributed by atoms with Crippen LogP contribution in [-0.2, 0) is 4.79 Å². The number of rotatable bonds is 5. The Bertz CT molecular complexity index is 1130. The highest BCUT2D eigenvalue weighted by Crippen LogP contribution is 2.47. The Morgan fingerprint density at radius 1 is 0.886 bits per heavy atom. The van der Waals surface area contributed by atoms with Gasteiger partial charge >= 0.3 is 0 Å². The van der Waals surface area contributed by atoms with Crippen molar-refractivity contribution in [3.63, 3.8) is 0 Å². The van der Waals surface area contributed by atoms with Crippen LogP contribution in [0.5, 0.6) is 23.0 Å². The van der Waals surface area contributed by atoms with Crippen LogP contribution in [0.1, 0.15) is 48.9 Å². The van der Waals surface area contributed by atoms with Crippen LogP contribution in [0.3, 0.4) is 0 Å². The summed E-state index contributed by atoms with van der Waals surface area (Å²) in [6.07, 6.45) is 5.47. The number of ether oxygens (including phenoxy) is 4. The zero-order valence-corrected chi connectivity index (χ0v) is 19.7. The molecule has 8 nitrogen and oxygen atoms in total. The zero-order valence-electron chi connectivity index (χ0n) is 19.7. The first-order valence-corrected chi connectivity index (χ1v) is 12.6. The van der Waals surface area contributed by atoms with Crippen molar-refractivity contribution < 1.29 is 28.5 Å². The highest BCUT2D eigenvalue weighted by Gasteiger charge is 2.44. The molecule has 1 aliphatic carbocycles. The second-order valence-electron chi connectivity index (χ2n) is 9.80. The number of anilines is 1. The van der Waals surface area contributed by atoms with E-state index in [0.29, 0.717) is 61.3 Å². The summed E-state index contributed by atoms with van der Waals surface area (Å²) in [5.41, 5.74) is 1.36. The van der Waals surface area contributed by atoms with Crippen LogP contribution >= 0.6 is 0 Å². The maximum Gasteiger partial charge on any atom is 0.251 e. The number of carbonyl (C=O) groups excluding carboxylic acids is 2. The third kappa shape index (κ3) is 4.55. The van der Waals surface area contributed by atoms with Gasteiger partial charge in [0, 0.05) is 36.1 Å². The van der Waals surface area contributed by atoms with E-state index >= 15 is 0 Å². The van der Waals surface area contributed by atoms with Crippen molar-refractivity contribution in [1.29, 1.82) is 0 Å². The number of likely N-dealkylation sites (tertiary alicyclic amines) is 1. The minimum absolute atomic E-state index is 0.0476. The van der Waals surface area contributed by atoms with E-state index in [4.69, 9.17) is 18.9 Å². The van der Waals surface area contributed by atoms with E-state index in [9.17, 15) is 9.59 Å². The number of amides is 1. The Kier molecular flexibility index (Phi) is 5.76. The molecule has 0 atom stereocenters. The van der Waals surface area contributed by atoms with Gasteiger partial charge in [-0.15, -0.1) is 0 Å². The van der Waals surface area contributed by atoms with E-state index in [-0.39, 0.29) is 17.6 Å². The summed E-state index contributed by atoms with van der Waals surface area (Å²) in [5, 5.41) is 2.98. The number of ketones is 1. The van der Waals surface area contributed by atoms with Gasteiger partial charge in [0.25, 0.3) is 5.79 Å². The minimum atomic E-state index is -0.507. The van der Waals surface area contributed by atoms with Crippen molar-refractivity contribution in [2.45, 2.75) is 44.3 Å². The average Bonchev–Trinajstić information content (AvgIpc) is 3.48. The van der Waals surface area contributed by atoms with Crippen LogP contribution in [0.4, 0.5) is 5.69 Å². The summed E-state index contributed by atoms with van der Waals surface area (Å²) < 4.78 is 23.3. The van der Waals surface area contributed by atoms with Crippen LogP contribution in [-0.4, -0.2) is 55.2 Å². The lowest BCUT2D eigenvalue weighted by atomic mass is 9.88. The molecule has 35 heavy (non-hydrogen) atoms. The maximum absolute atomic E-state index is 13.0. The van der Waals surface area contributed by atoms with Crippen molar-refractivity contribution in [1.82, 2.24) is 4.90 Å². The number of Topliss-reactive ketones (excluding diaryl/α,β-unsaturated/α-hetero) is 1. The first kappa shape index (κ1) is 22.2. The lowest BCUT2D eigenvalue weighted by molar-refractivity contribution is -0.117. The van der Waals surface area contributed by atoms with Crippen molar-refractivity contribution in [2.75, 3.05) is 38.2 Å². The number of piperidine rings is 1. The first-order valence-electron chi connectivity index (χ1n) is 12.6. The van der Waals surface area contributed by atoms with Gasteiger partial charge in [-0.25, -0.2) is 0 Å². The number of nitrogens with zero attached hydrogens (tertiary/aromatic N) is 1. The molecule has 8 heteroatoms. The molecule has 2 aromatic carbocycles. The van der Waals surface area contributed by atoms with Gasteiger partial charge in [0.1, 0.15) is 13.2 Å². The number of carbonyl (C=O) groups is 2. The summed E-state index contributed by atoms with van der Waals surface area (Å²) in [5.74, 6) is 2.27. The molecule has 3 heterocycles.